The van der Waals surface area contributed by atoms with Crippen LogP contribution in [-0.2, 0) is 16.1 Å². The van der Waals surface area contributed by atoms with E-state index in [1.807, 2.05) is 18.2 Å². The minimum absolute atomic E-state index is 0.201. The lowest BCUT2D eigenvalue weighted by molar-refractivity contribution is -0.142. The van der Waals surface area contributed by atoms with Gasteiger partial charge in [0.1, 0.15) is 11.8 Å². The van der Waals surface area contributed by atoms with Crippen molar-refractivity contribution in [2.75, 3.05) is 13.2 Å². The Bertz CT molecular complexity index is 969. The Morgan fingerprint density at radius 1 is 1.09 bits per heavy atom. The van der Waals surface area contributed by atoms with Gasteiger partial charge in [0.05, 0.1) is 14.5 Å². The molecule has 8 heteroatoms. The average Bonchev–Trinajstić information content (AvgIpc) is 2.78. The van der Waals surface area contributed by atoms with Gasteiger partial charge in [0.15, 0.2) is 6.61 Å². The summed E-state index contributed by atoms with van der Waals surface area (Å²) in [4.78, 5) is 27.4. The molecule has 0 radical (unpaired) electrons. The van der Waals surface area contributed by atoms with Gasteiger partial charge in [-0.25, -0.2) is 0 Å². The van der Waals surface area contributed by atoms with Gasteiger partial charge in [0, 0.05) is 13.1 Å². The van der Waals surface area contributed by atoms with Gasteiger partial charge >= 0.3 is 0 Å². The summed E-state index contributed by atoms with van der Waals surface area (Å²) < 4.78 is 6.59. The molecule has 0 aliphatic heterocycles. The molecule has 0 aliphatic rings. The monoisotopic (exact) mass is 556 g/mol. The molecule has 0 fully saturated rings. The first-order valence-corrected chi connectivity index (χ1v) is 12.6. The summed E-state index contributed by atoms with van der Waals surface area (Å²) in [6, 6.07) is 10.3. The number of hydrogen-bond donors (Lipinski definition) is 1. The Kier molecular flexibility index (Phi) is 11.0. The zero-order chi connectivity index (χ0) is 24.5. The molecule has 0 saturated heterocycles. The fourth-order valence-electron chi connectivity index (χ4n) is 3.17. The molecule has 2 aromatic carbocycles. The lowest BCUT2D eigenvalue weighted by Crippen LogP contribution is -2.49. The van der Waals surface area contributed by atoms with Gasteiger partial charge in [-0.2, -0.15) is 0 Å². The number of unbranched alkanes of at least 4 members (excludes halogenated alkanes) is 1. The first kappa shape index (κ1) is 27.5. The molecule has 1 atom stereocenters. The average molecular weight is 558 g/mol. The number of hydrogen-bond acceptors (Lipinski definition) is 3. The van der Waals surface area contributed by atoms with Crippen LogP contribution in [0.25, 0.3) is 0 Å². The molecule has 0 unspecified atom stereocenters. The molecule has 0 bridgehead atoms. The van der Waals surface area contributed by atoms with Crippen LogP contribution in [0, 0.1) is 0 Å². The second kappa shape index (κ2) is 13.2. The van der Waals surface area contributed by atoms with Crippen LogP contribution in [0.2, 0.25) is 10.0 Å². The number of nitrogens with zero attached hydrogens (tertiary/aromatic N) is 1. The van der Waals surface area contributed by atoms with Gasteiger partial charge in [-0.05, 0) is 70.6 Å². The Hall–Kier alpha value is -1.76. The molecule has 2 rings (SSSR count). The molecular weight excluding hydrogens is 527 g/mol. The number of benzene rings is 2. The van der Waals surface area contributed by atoms with Crippen LogP contribution in [0.15, 0.2) is 40.9 Å². The van der Waals surface area contributed by atoms with Crippen LogP contribution in [0.3, 0.4) is 0 Å². The van der Waals surface area contributed by atoms with E-state index in [1.165, 1.54) is 10.5 Å². The summed E-state index contributed by atoms with van der Waals surface area (Å²) in [6.45, 7) is 8.56. The molecular formula is C25H31BrCl2N2O3. The van der Waals surface area contributed by atoms with Crippen molar-refractivity contribution in [1.29, 1.82) is 0 Å². The molecule has 0 heterocycles. The van der Waals surface area contributed by atoms with Crippen LogP contribution in [0.5, 0.6) is 5.75 Å². The minimum atomic E-state index is -0.681. The molecule has 0 saturated carbocycles. The molecule has 1 N–H and O–H groups in total. The molecule has 5 nitrogen and oxygen atoms in total. The van der Waals surface area contributed by atoms with Gasteiger partial charge in [-0.3, -0.25) is 9.59 Å². The summed E-state index contributed by atoms with van der Waals surface area (Å²) in [5.74, 6) is 0.436. The highest BCUT2D eigenvalue weighted by Crippen LogP contribution is 2.29. The highest BCUT2D eigenvalue weighted by molar-refractivity contribution is 9.10. The van der Waals surface area contributed by atoms with Gasteiger partial charge in [-0.15, -0.1) is 0 Å². The zero-order valence-electron chi connectivity index (χ0n) is 19.5. The van der Waals surface area contributed by atoms with Crippen LogP contribution >= 0.6 is 39.1 Å². The van der Waals surface area contributed by atoms with E-state index in [1.54, 1.807) is 25.1 Å². The highest BCUT2D eigenvalue weighted by Gasteiger charge is 2.26. The van der Waals surface area contributed by atoms with E-state index >= 15 is 0 Å². The van der Waals surface area contributed by atoms with E-state index in [4.69, 9.17) is 27.9 Å². The minimum Gasteiger partial charge on any atom is -0.483 e. The summed E-state index contributed by atoms with van der Waals surface area (Å²) >= 11 is 15.7. The fourth-order valence-corrected chi connectivity index (χ4v) is 4.00. The Morgan fingerprint density at radius 3 is 2.42 bits per heavy atom. The van der Waals surface area contributed by atoms with Gasteiger partial charge in [0.2, 0.25) is 5.91 Å². The van der Waals surface area contributed by atoms with Crippen molar-refractivity contribution in [2.24, 2.45) is 0 Å². The summed E-state index contributed by atoms with van der Waals surface area (Å²) in [5.41, 5.74) is 1.94. The molecule has 0 spiro atoms. The van der Waals surface area contributed by atoms with E-state index in [0.717, 1.165) is 22.9 Å². The number of carbonyl (C=O) groups is 2. The lowest BCUT2D eigenvalue weighted by atomic mass is 10.0. The van der Waals surface area contributed by atoms with Gasteiger partial charge < -0.3 is 15.0 Å². The van der Waals surface area contributed by atoms with Crippen molar-refractivity contribution in [1.82, 2.24) is 10.2 Å². The summed E-state index contributed by atoms with van der Waals surface area (Å²) in [7, 11) is 0. The van der Waals surface area contributed by atoms with Crippen LogP contribution in [0.4, 0.5) is 0 Å². The third-order valence-corrected chi connectivity index (χ3v) is 6.67. The zero-order valence-corrected chi connectivity index (χ0v) is 22.6. The van der Waals surface area contributed by atoms with Crippen molar-refractivity contribution in [3.63, 3.8) is 0 Å². The molecule has 2 amide bonds. The largest absolute Gasteiger partial charge is 0.483 e. The van der Waals surface area contributed by atoms with Crippen molar-refractivity contribution in [2.45, 2.75) is 59.0 Å². The van der Waals surface area contributed by atoms with E-state index in [9.17, 15) is 9.59 Å². The third kappa shape index (κ3) is 8.20. The predicted molar refractivity (Wildman–Crippen MR) is 138 cm³/mol. The fraction of sp³-hybridized carbons (Fsp3) is 0.440. The Morgan fingerprint density at radius 2 is 1.82 bits per heavy atom. The standard InChI is InChI=1S/C25H31BrCl2N2O3/c1-5-6-11-29-25(32)17(4)30(14-18-7-9-21(27)22(28)12-18)24(31)15-33-23-10-8-19(16(2)3)13-20(23)26/h7-10,12-13,16-17H,5-6,11,14-15H2,1-4H3,(H,29,32)/t17-/m0/s1. The van der Waals surface area contributed by atoms with E-state index in [-0.39, 0.29) is 25.0 Å². The SMILES string of the molecule is CCCCNC(=O)[C@H](C)N(Cc1ccc(Cl)c(Cl)c1)C(=O)COc1ccc(C(C)C)cc1Br. The molecule has 0 aliphatic carbocycles. The second-order valence-electron chi connectivity index (χ2n) is 8.22. The van der Waals surface area contributed by atoms with Crippen LogP contribution < -0.4 is 10.1 Å². The predicted octanol–water partition coefficient (Wildman–Crippen LogP) is 6.59. The molecule has 2 aromatic rings. The van der Waals surface area contributed by atoms with Crippen molar-refractivity contribution >= 4 is 50.9 Å². The topological polar surface area (TPSA) is 58.6 Å². The van der Waals surface area contributed by atoms with Crippen LogP contribution in [-0.4, -0.2) is 35.9 Å². The normalized spacial score (nSPS) is 11.9. The smallest absolute Gasteiger partial charge is 0.261 e. The number of carbonyl (C=O) groups excluding carboxylic acids is 2. The number of ether oxygens (including phenoxy) is 1. The third-order valence-electron chi connectivity index (χ3n) is 5.31. The molecule has 0 aromatic heterocycles. The lowest BCUT2D eigenvalue weighted by Gasteiger charge is -2.29. The first-order valence-electron chi connectivity index (χ1n) is 11.1. The van der Waals surface area contributed by atoms with Crippen molar-refractivity contribution < 1.29 is 14.3 Å². The summed E-state index contributed by atoms with van der Waals surface area (Å²) in [5, 5.41) is 3.72. The van der Waals surface area contributed by atoms with Crippen LogP contribution in [0.1, 0.15) is 57.6 Å². The van der Waals surface area contributed by atoms with E-state index < -0.39 is 6.04 Å². The van der Waals surface area contributed by atoms with E-state index in [0.29, 0.717) is 28.3 Å². The van der Waals surface area contributed by atoms with Crippen molar-refractivity contribution in [3.8, 4) is 5.75 Å². The quantitative estimate of drug-likeness (QED) is 0.317. The maximum Gasteiger partial charge on any atom is 0.261 e. The van der Waals surface area contributed by atoms with E-state index in [2.05, 4.69) is 42.0 Å². The number of halogens is 3. The number of rotatable bonds is 11. The molecule has 33 heavy (non-hydrogen) atoms. The summed E-state index contributed by atoms with van der Waals surface area (Å²) in [6.07, 6.45) is 1.85. The second-order valence-corrected chi connectivity index (χ2v) is 9.89. The maximum atomic E-state index is 13.2. The Labute approximate surface area is 214 Å². The van der Waals surface area contributed by atoms with Gasteiger partial charge in [0.25, 0.3) is 5.91 Å². The number of nitrogens with one attached hydrogen (secondary N) is 1. The highest BCUT2D eigenvalue weighted by atomic mass is 79.9. The number of amides is 2. The van der Waals surface area contributed by atoms with Gasteiger partial charge in [-0.1, -0.05) is 62.5 Å². The first-order chi connectivity index (χ1) is 15.6. The Balaban J connectivity index is 2.17. The maximum absolute atomic E-state index is 13.2. The molecule has 180 valence electrons. The van der Waals surface area contributed by atoms with Crippen molar-refractivity contribution in [3.05, 3.63) is 62.0 Å².